The third-order valence-electron chi connectivity index (χ3n) is 2.80. The molecule has 0 atom stereocenters. The van der Waals surface area contributed by atoms with Gasteiger partial charge < -0.3 is 10.6 Å². The maximum atomic E-state index is 4.40. The van der Waals surface area contributed by atoms with E-state index in [4.69, 9.17) is 0 Å². The highest BCUT2D eigenvalue weighted by Crippen LogP contribution is 2.18. The SMILES string of the molecule is CCNc1cc(Nc2cccc(CC)c2)nc(C)n1. The van der Waals surface area contributed by atoms with Crippen LogP contribution in [0.4, 0.5) is 17.3 Å². The van der Waals surface area contributed by atoms with Crippen molar-refractivity contribution in [2.45, 2.75) is 27.2 Å². The number of anilines is 3. The molecule has 1 heterocycles. The molecule has 0 bridgehead atoms. The van der Waals surface area contributed by atoms with E-state index in [0.717, 1.165) is 36.1 Å². The normalized spacial score (nSPS) is 10.3. The van der Waals surface area contributed by atoms with Crippen LogP contribution in [0, 0.1) is 6.92 Å². The fourth-order valence-corrected chi connectivity index (χ4v) is 1.92. The molecule has 1 aromatic carbocycles. The minimum atomic E-state index is 0.757. The maximum absolute atomic E-state index is 4.40. The van der Waals surface area contributed by atoms with E-state index in [9.17, 15) is 0 Å². The largest absolute Gasteiger partial charge is 0.370 e. The lowest BCUT2D eigenvalue weighted by Gasteiger charge is -2.10. The van der Waals surface area contributed by atoms with Crippen LogP contribution >= 0.6 is 0 Å². The standard InChI is InChI=1S/C15H20N4/c1-4-12-7-6-8-13(9-12)19-15-10-14(16-5-2)17-11(3)18-15/h6-10H,4-5H2,1-3H3,(H2,16,17,18,19). The predicted molar refractivity (Wildman–Crippen MR) is 80.0 cm³/mol. The lowest BCUT2D eigenvalue weighted by molar-refractivity contribution is 1.04. The molecule has 0 amide bonds. The first kappa shape index (κ1) is 13.3. The number of hydrogen-bond acceptors (Lipinski definition) is 4. The van der Waals surface area contributed by atoms with Gasteiger partial charge in [-0.1, -0.05) is 19.1 Å². The fraction of sp³-hybridized carbons (Fsp3) is 0.333. The predicted octanol–water partition coefficient (Wildman–Crippen LogP) is 3.52. The Balaban J connectivity index is 2.22. The van der Waals surface area contributed by atoms with Gasteiger partial charge >= 0.3 is 0 Å². The van der Waals surface area contributed by atoms with Crippen LogP contribution in [0.1, 0.15) is 25.2 Å². The van der Waals surface area contributed by atoms with Crippen LogP contribution in [0.15, 0.2) is 30.3 Å². The zero-order valence-corrected chi connectivity index (χ0v) is 11.7. The molecule has 4 heteroatoms. The van der Waals surface area contributed by atoms with E-state index in [2.05, 4.69) is 52.6 Å². The molecule has 0 fully saturated rings. The molecule has 0 aliphatic carbocycles. The second-order valence-electron chi connectivity index (χ2n) is 4.39. The molecule has 19 heavy (non-hydrogen) atoms. The van der Waals surface area contributed by atoms with Crippen molar-refractivity contribution in [2.75, 3.05) is 17.2 Å². The van der Waals surface area contributed by atoms with Crippen molar-refractivity contribution in [3.63, 3.8) is 0 Å². The van der Waals surface area contributed by atoms with Crippen molar-refractivity contribution < 1.29 is 0 Å². The Kier molecular flexibility index (Phi) is 4.34. The van der Waals surface area contributed by atoms with Crippen molar-refractivity contribution in [3.05, 3.63) is 41.7 Å². The Morgan fingerprint density at radius 3 is 2.58 bits per heavy atom. The molecule has 100 valence electrons. The van der Waals surface area contributed by atoms with Crippen LogP contribution in [-0.4, -0.2) is 16.5 Å². The summed E-state index contributed by atoms with van der Waals surface area (Å²) in [6.07, 6.45) is 1.03. The summed E-state index contributed by atoms with van der Waals surface area (Å²) in [5.41, 5.74) is 2.36. The molecule has 1 aromatic heterocycles. The Morgan fingerprint density at radius 1 is 1.05 bits per heavy atom. The lowest BCUT2D eigenvalue weighted by Crippen LogP contribution is -2.04. The molecule has 0 saturated heterocycles. The minimum absolute atomic E-state index is 0.757. The van der Waals surface area contributed by atoms with Gasteiger partial charge in [-0.3, -0.25) is 0 Å². The zero-order chi connectivity index (χ0) is 13.7. The number of aryl methyl sites for hydroxylation is 2. The van der Waals surface area contributed by atoms with E-state index in [0.29, 0.717) is 0 Å². The van der Waals surface area contributed by atoms with Gasteiger partial charge in [0.05, 0.1) is 0 Å². The highest BCUT2D eigenvalue weighted by molar-refractivity contribution is 5.59. The summed E-state index contributed by atoms with van der Waals surface area (Å²) < 4.78 is 0. The Labute approximate surface area is 114 Å². The van der Waals surface area contributed by atoms with E-state index in [1.165, 1.54) is 5.56 Å². The summed E-state index contributed by atoms with van der Waals surface area (Å²) >= 11 is 0. The van der Waals surface area contributed by atoms with Gasteiger partial charge in [0.2, 0.25) is 0 Å². The van der Waals surface area contributed by atoms with Crippen molar-refractivity contribution in [1.29, 1.82) is 0 Å². The molecule has 0 aliphatic rings. The van der Waals surface area contributed by atoms with E-state index >= 15 is 0 Å². The molecule has 0 aliphatic heterocycles. The van der Waals surface area contributed by atoms with Gasteiger partial charge in [0, 0.05) is 18.3 Å². The summed E-state index contributed by atoms with van der Waals surface area (Å²) in [6.45, 7) is 6.95. The second kappa shape index (κ2) is 6.18. The molecule has 4 nitrogen and oxygen atoms in total. The first-order chi connectivity index (χ1) is 9.21. The molecule has 0 spiro atoms. The summed E-state index contributed by atoms with van der Waals surface area (Å²) in [5.74, 6) is 2.42. The highest BCUT2D eigenvalue weighted by atomic mass is 15.1. The first-order valence-electron chi connectivity index (χ1n) is 6.66. The number of benzene rings is 1. The molecule has 0 radical (unpaired) electrons. The van der Waals surface area contributed by atoms with Gasteiger partial charge in [-0.05, 0) is 38.0 Å². The van der Waals surface area contributed by atoms with E-state index in [1.54, 1.807) is 0 Å². The van der Waals surface area contributed by atoms with Gasteiger partial charge in [0.15, 0.2) is 0 Å². The smallest absolute Gasteiger partial charge is 0.136 e. The Bertz CT molecular complexity index is 552. The van der Waals surface area contributed by atoms with Gasteiger partial charge in [-0.25, -0.2) is 9.97 Å². The molecule has 2 rings (SSSR count). The lowest BCUT2D eigenvalue weighted by atomic mass is 10.1. The van der Waals surface area contributed by atoms with Crippen LogP contribution in [0.2, 0.25) is 0 Å². The van der Waals surface area contributed by atoms with E-state index in [1.807, 2.05) is 19.1 Å². The minimum Gasteiger partial charge on any atom is -0.370 e. The van der Waals surface area contributed by atoms with E-state index in [-0.39, 0.29) is 0 Å². The van der Waals surface area contributed by atoms with Crippen LogP contribution in [0.3, 0.4) is 0 Å². The quantitative estimate of drug-likeness (QED) is 0.859. The summed E-state index contributed by atoms with van der Waals surface area (Å²) in [4.78, 5) is 8.74. The zero-order valence-electron chi connectivity index (χ0n) is 11.7. The average molecular weight is 256 g/mol. The van der Waals surface area contributed by atoms with Crippen molar-refractivity contribution >= 4 is 17.3 Å². The maximum Gasteiger partial charge on any atom is 0.136 e. The van der Waals surface area contributed by atoms with Crippen LogP contribution in [-0.2, 0) is 6.42 Å². The second-order valence-corrected chi connectivity index (χ2v) is 4.39. The average Bonchev–Trinajstić information content (AvgIpc) is 2.38. The number of rotatable bonds is 5. The van der Waals surface area contributed by atoms with Gasteiger partial charge in [-0.2, -0.15) is 0 Å². The molecule has 2 aromatic rings. The van der Waals surface area contributed by atoms with Crippen molar-refractivity contribution in [3.8, 4) is 0 Å². The van der Waals surface area contributed by atoms with Gasteiger partial charge in [-0.15, -0.1) is 0 Å². The van der Waals surface area contributed by atoms with E-state index < -0.39 is 0 Å². The number of aromatic nitrogens is 2. The molecule has 0 unspecified atom stereocenters. The van der Waals surface area contributed by atoms with Crippen LogP contribution in [0.5, 0.6) is 0 Å². The number of nitrogens with zero attached hydrogens (tertiary/aromatic N) is 2. The topological polar surface area (TPSA) is 49.8 Å². The van der Waals surface area contributed by atoms with Crippen LogP contribution < -0.4 is 10.6 Å². The van der Waals surface area contributed by atoms with Crippen molar-refractivity contribution in [1.82, 2.24) is 9.97 Å². The summed E-state index contributed by atoms with van der Waals surface area (Å²) in [6, 6.07) is 10.3. The fourth-order valence-electron chi connectivity index (χ4n) is 1.92. The third kappa shape index (κ3) is 3.68. The number of nitrogens with one attached hydrogen (secondary N) is 2. The van der Waals surface area contributed by atoms with Gasteiger partial charge in [0.25, 0.3) is 0 Å². The van der Waals surface area contributed by atoms with Gasteiger partial charge in [0.1, 0.15) is 17.5 Å². The third-order valence-corrected chi connectivity index (χ3v) is 2.80. The molecule has 0 saturated carbocycles. The Morgan fingerprint density at radius 2 is 1.84 bits per heavy atom. The monoisotopic (exact) mass is 256 g/mol. The summed E-state index contributed by atoms with van der Waals surface area (Å²) in [5, 5.41) is 6.53. The first-order valence-corrected chi connectivity index (χ1v) is 6.66. The Hall–Kier alpha value is -2.10. The molecule has 2 N–H and O–H groups in total. The summed E-state index contributed by atoms with van der Waals surface area (Å²) in [7, 11) is 0. The van der Waals surface area contributed by atoms with Crippen LogP contribution in [0.25, 0.3) is 0 Å². The number of hydrogen-bond donors (Lipinski definition) is 2. The molecular formula is C15H20N4. The highest BCUT2D eigenvalue weighted by Gasteiger charge is 2.02. The van der Waals surface area contributed by atoms with Crippen molar-refractivity contribution in [2.24, 2.45) is 0 Å². The molecular weight excluding hydrogens is 236 g/mol.